The van der Waals surface area contributed by atoms with Crippen molar-refractivity contribution >= 4 is 16.9 Å². The topological polar surface area (TPSA) is 68.9 Å². The molecule has 0 aliphatic carbocycles. The summed E-state index contributed by atoms with van der Waals surface area (Å²) in [5.74, 6) is 0.990. The highest BCUT2D eigenvalue weighted by molar-refractivity contribution is 6.01. The molecule has 3 rings (SSSR count). The van der Waals surface area contributed by atoms with Crippen LogP contribution in [0.4, 0.5) is 0 Å². The van der Waals surface area contributed by atoms with E-state index in [1.54, 1.807) is 43.5 Å². The van der Waals surface area contributed by atoms with Crippen LogP contribution in [0.15, 0.2) is 52.9 Å². The Morgan fingerprint density at radius 2 is 1.86 bits per heavy atom. The van der Waals surface area contributed by atoms with Crippen molar-refractivity contribution in [3.8, 4) is 11.5 Å². The van der Waals surface area contributed by atoms with E-state index in [1.165, 1.54) is 6.07 Å². The van der Waals surface area contributed by atoms with Gasteiger partial charge in [0, 0.05) is 5.39 Å². The molecular formula is C17H14O5. The molecule has 22 heavy (non-hydrogen) atoms. The van der Waals surface area contributed by atoms with Gasteiger partial charge < -0.3 is 19.0 Å². The lowest BCUT2D eigenvalue weighted by molar-refractivity contribution is 0.0697. The number of carbonyl (C=O) groups is 1. The quantitative estimate of drug-likeness (QED) is 0.777. The van der Waals surface area contributed by atoms with Gasteiger partial charge in [-0.15, -0.1) is 0 Å². The van der Waals surface area contributed by atoms with Gasteiger partial charge in [-0.25, -0.2) is 4.79 Å². The molecule has 0 saturated heterocycles. The van der Waals surface area contributed by atoms with Gasteiger partial charge in [-0.05, 0) is 36.4 Å². The molecule has 0 bridgehead atoms. The van der Waals surface area contributed by atoms with Crippen molar-refractivity contribution in [2.24, 2.45) is 0 Å². The van der Waals surface area contributed by atoms with Crippen LogP contribution in [0.1, 0.15) is 16.1 Å². The molecule has 0 atom stereocenters. The molecule has 0 fully saturated rings. The Morgan fingerprint density at radius 3 is 2.55 bits per heavy atom. The Kier molecular flexibility index (Phi) is 3.70. The van der Waals surface area contributed by atoms with Gasteiger partial charge in [0.1, 0.15) is 35.0 Å². The molecule has 0 unspecified atom stereocenters. The zero-order valence-corrected chi connectivity index (χ0v) is 11.9. The minimum atomic E-state index is -1.01. The zero-order valence-electron chi connectivity index (χ0n) is 11.9. The first-order valence-corrected chi connectivity index (χ1v) is 6.69. The largest absolute Gasteiger partial charge is 0.497 e. The van der Waals surface area contributed by atoms with Gasteiger partial charge in [0.15, 0.2) is 0 Å². The summed E-state index contributed by atoms with van der Waals surface area (Å²) in [7, 11) is 1.60. The molecule has 5 nitrogen and oxygen atoms in total. The summed E-state index contributed by atoms with van der Waals surface area (Å²) in [5.41, 5.74) is 0.511. The van der Waals surface area contributed by atoms with Crippen LogP contribution in [0.5, 0.6) is 11.5 Å². The van der Waals surface area contributed by atoms with Crippen LogP contribution in [0.25, 0.3) is 11.0 Å². The maximum absolute atomic E-state index is 11.2. The maximum atomic E-state index is 11.2. The Hall–Kier alpha value is -2.95. The van der Waals surface area contributed by atoms with Gasteiger partial charge >= 0.3 is 5.97 Å². The number of ether oxygens (including phenoxy) is 2. The number of para-hydroxylation sites is 1. The number of fused-ring (bicyclic) bond motifs is 1. The van der Waals surface area contributed by atoms with E-state index in [4.69, 9.17) is 19.0 Å². The van der Waals surface area contributed by atoms with Crippen LogP contribution in [-0.2, 0) is 6.61 Å². The number of methoxy groups -OCH3 is 1. The Balaban J connectivity index is 1.79. The van der Waals surface area contributed by atoms with Crippen LogP contribution in [0, 0.1) is 0 Å². The highest BCUT2D eigenvalue weighted by Gasteiger charge is 2.13. The molecule has 112 valence electrons. The van der Waals surface area contributed by atoms with E-state index in [0.717, 1.165) is 11.1 Å². The first-order valence-electron chi connectivity index (χ1n) is 6.69. The minimum absolute atomic E-state index is 0.146. The molecule has 0 saturated carbocycles. The van der Waals surface area contributed by atoms with E-state index >= 15 is 0 Å². The monoisotopic (exact) mass is 298 g/mol. The van der Waals surface area contributed by atoms with Crippen LogP contribution in [-0.4, -0.2) is 18.2 Å². The minimum Gasteiger partial charge on any atom is -0.497 e. The second-order valence-electron chi connectivity index (χ2n) is 4.71. The Bertz CT molecular complexity index is 802. The first-order chi connectivity index (χ1) is 10.7. The van der Waals surface area contributed by atoms with Gasteiger partial charge in [0.05, 0.1) is 7.11 Å². The fourth-order valence-electron chi connectivity index (χ4n) is 2.18. The molecule has 1 aromatic heterocycles. The summed E-state index contributed by atoms with van der Waals surface area (Å²) in [6.45, 7) is 0.222. The smallest absolute Gasteiger partial charge is 0.339 e. The number of carboxylic acids is 1. The lowest BCUT2D eigenvalue weighted by atomic mass is 10.1. The van der Waals surface area contributed by atoms with Gasteiger partial charge in [-0.2, -0.15) is 0 Å². The SMILES string of the molecule is COc1ccc(OCc2cc3cccc(C(=O)O)c3o2)cc1. The summed E-state index contributed by atoms with van der Waals surface area (Å²) in [6.07, 6.45) is 0. The second kappa shape index (κ2) is 5.81. The van der Waals surface area contributed by atoms with Crippen molar-refractivity contribution in [2.75, 3.05) is 7.11 Å². The number of hydrogen-bond donors (Lipinski definition) is 1. The van der Waals surface area contributed by atoms with Crippen molar-refractivity contribution in [2.45, 2.75) is 6.61 Å². The fourth-order valence-corrected chi connectivity index (χ4v) is 2.18. The third-order valence-corrected chi connectivity index (χ3v) is 3.27. The molecule has 0 amide bonds. The Morgan fingerprint density at radius 1 is 1.14 bits per heavy atom. The van der Waals surface area contributed by atoms with Crippen LogP contribution in [0.3, 0.4) is 0 Å². The third-order valence-electron chi connectivity index (χ3n) is 3.27. The highest BCUT2D eigenvalue weighted by atomic mass is 16.5. The van der Waals surface area contributed by atoms with E-state index in [9.17, 15) is 4.79 Å². The molecular weight excluding hydrogens is 284 g/mol. The summed E-state index contributed by atoms with van der Waals surface area (Å²) in [4.78, 5) is 11.2. The molecule has 0 aliphatic rings. The standard InChI is InChI=1S/C17H14O5/c1-20-12-5-7-13(8-6-12)21-10-14-9-11-3-2-4-15(17(18)19)16(11)22-14/h2-9H,10H2,1H3,(H,18,19). The fraction of sp³-hybridized carbons (Fsp3) is 0.118. The van der Waals surface area contributed by atoms with Crippen molar-refractivity contribution in [3.05, 3.63) is 59.9 Å². The average molecular weight is 298 g/mol. The summed E-state index contributed by atoms with van der Waals surface area (Å²) in [5, 5.41) is 9.89. The maximum Gasteiger partial charge on any atom is 0.339 e. The van der Waals surface area contributed by atoms with E-state index in [2.05, 4.69) is 0 Å². The third kappa shape index (κ3) is 2.74. The van der Waals surface area contributed by atoms with Gasteiger partial charge in [0.2, 0.25) is 0 Å². The molecule has 1 N–H and O–H groups in total. The lowest BCUT2D eigenvalue weighted by Gasteiger charge is -2.05. The summed E-state index contributed by atoms with van der Waals surface area (Å²) in [6, 6.07) is 14.0. The molecule has 2 aromatic carbocycles. The highest BCUT2D eigenvalue weighted by Crippen LogP contribution is 2.25. The number of rotatable bonds is 5. The van der Waals surface area contributed by atoms with E-state index in [1.807, 2.05) is 6.07 Å². The molecule has 0 aliphatic heterocycles. The normalized spacial score (nSPS) is 10.6. The zero-order chi connectivity index (χ0) is 15.5. The summed E-state index contributed by atoms with van der Waals surface area (Å²) >= 11 is 0. The second-order valence-corrected chi connectivity index (χ2v) is 4.71. The summed E-state index contributed by atoms with van der Waals surface area (Å²) < 4.78 is 16.3. The van der Waals surface area contributed by atoms with Crippen molar-refractivity contribution in [1.29, 1.82) is 0 Å². The predicted octanol–water partition coefficient (Wildman–Crippen LogP) is 3.72. The van der Waals surface area contributed by atoms with Gasteiger partial charge in [-0.1, -0.05) is 12.1 Å². The first kappa shape index (κ1) is 14.0. The molecule has 3 aromatic rings. The number of benzene rings is 2. The van der Waals surface area contributed by atoms with Crippen molar-refractivity contribution in [3.63, 3.8) is 0 Å². The number of furan rings is 1. The molecule has 1 heterocycles. The van der Waals surface area contributed by atoms with Gasteiger partial charge in [-0.3, -0.25) is 0 Å². The average Bonchev–Trinajstić information content (AvgIpc) is 2.96. The Labute approximate surface area is 126 Å². The van der Waals surface area contributed by atoms with Crippen LogP contribution >= 0.6 is 0 Å². The predicted molar refractivity (Wildman–Crippen MR) is 80.5 cm³/mol. The molecule has 0 radical (unpaired) electrons. The number of carboxylic acid groups (broad SMARTS) is 1. The number of aromatic carboxylic acids is 1. The number of hydrogen-bond acceptors (Lipinski definition) is 4. The van der Waals surface area contributed by atoms with Crippen LogP contribution < -0.4 is 9.47 Å². The lowest BCUT2D eigenvalue weighted by Crippen LogP contribution is -1.95. The van der Waals surface area contributed by atoms with Gasteiger partial charge in [0.25, 0.3) is 0 Å². The van der Waals surface area contributed by atoms with Crippen LogP contribution in [0.2, 0.25) is 0 Å². The van der Waals surface area contributed by atoms with Crippen molar-refractivity contribution < 1.29 is 23.8 Å². The van der Waals surface area contributed by atoms with E-state index in [-0.39, 0.29) is 12.2 Å². The van der Waals surface area contributed by atoms with Crippen molar-refractivity contribution in [1.82, 2.24) is 0 Å². The molecule has 5 heteroatoms. The molecule has 0 spiro atoms. The van der Waals surface area contributed by atoms with E-state index in [0.29, 0.717) is 17.1 Å². The van der Waals surface area contributed by atoms with E-state index < -0.39 is 5.97 Å².